The summed E-state index contributed by atoms with van der Waals surface area (Å²) in [5.41, 5.74) is -0.844. The van der Waals surface area contributed by atoms with Gasteiger partial charge in [-0.1, -0.05) is 13.8 Å². The Kier molecular flexibility index (Phi) is 5.68. The van der Waals surface area contributed by atoms with Crippen molar-refractivity contribution >= 4 is 5.91 Å². The number of nitrogens with one attached hydrogen (secondary N) is 1. The van der Waals surface area contributed by atoms with E-state index >= 15 is 0 Å². The van der Waals surface area contributed by atoms with Gasteiger partial charge in [-0.3, -0.25) is 4.79 Å². The molecule has 0 aromatic rings. The topological polar surface area (TPSA) is 89.8 Å². The molecule has 0 unspecified atom stereocenters. The fourth-order valence-corrected chi connectivity index (χ4v) is 0.829. The highest BCUT2D eigenvalue weighted by atomic mass is 16.5. The maximum atomic E-state index is 11.3. The molecule has 1 atom stereocenters. The number of aliphatic hydroxyl groups is 3. The lowest BCUT2D eigenvalue weighted by molar-refractivity contribution is -0.137. The third-order valence-corrected chi connectivity index (χ3v) is 2.03. The average Bonchev–Trinajstić information content (AvgIpc) is 2.17. The molecule has 0 spiro atoms. The van der Waals surface area contributed by atoms with Crippen molar-refractivity contribution in [2.24, 2.45) is 5.41 Å². The Balaban J connectivity index is 3.99. The summed E-state index contributed by atoms with van der Waals surface area (Å²) in [6.07, 6.45) is -0.774. The number of aliphatic hydroxyl groups excluding tert-OH is 3. The molecule has 1 amide bonds. The quantitative estimate of drug-likeness (QED) is 0.415. The summed E-state index contributed by atoms with van der Waals surface area (Å²) in [7, 11) is 0. The molecule has 0 saturated heterocycles. The van der Waals surface area contributed by atoms with Gasteiger partial charge in [0.1, 0.15) is 6.10 Å². The van der Waals surface area contributed by atoms with Crippen molar-refractivity contribution in [3.05, 3.63) is 0 Å². The van der Waals surface area contributed by atoms with Gasteiger partial charge in [0.15, 0.2) is 0 Å². The van der Waals surface area contributed by atoms with E-state index < -0.39 is 17.4 Å². The summed E-state index contributed by atoms with van der Waals surface area (Å²) >= 11 is 0. The lowest BCUT2D eigenvalue weighted by Crippen LogP contribution is -2.45. The fourth-order valence-electron chi connectivity index (χ4n) is 0.829. The first-order valence-electron chi connectivity index (χ1n) is 4.63. The van der Waals surface area contributed by atoms with Crippen LogP contribution in [0.2, 0.25) is 0 Å². The molecular weight excluding hydrogens is 188 g/mol. The number of hydrogen-bond acceptors (Lipinski definition) is 4. The molecule has 84 valence electrons. The van der Waals surface area contributed by atoms with E-state index in [-0.39, 0.29) is 13.2 Å². The van der Waals surface area contributed by atoms with Crippen molar-refractivity contribution in [2.45, 2.75) is 26.4 Å². The van der Waals surface area contributed by atoms with Crippen molar-refractivity contribution in [3.63, 3.8) is 0 Å². The van der Waals surface area contributed by atoms with E-state index in [2.05, 4.69) is 5.32 Å². The number of carbonyl (C=O) groups is 1. The monoisotopic (exact) mass is 207 g/mol. The highest BCUT2D eigenvalue weighted by Gasteiger charge is 2.32. The SMILES string of the molecule is CC(C)(CO)[C@@H](O)C(=O)NCC[14CH2]O. The first-order valence-corrected chi connectivity index (χ1v) is 4.63. The van der Waals surface area contributed by atoms with Crippen LogP contribution in [0.15, 0.2) is 0 Å². The van der Waals surface area contributed by atoms with E-state index in [1.165, 1.54) is 0 Å². The minimum Gasteiger partial charge on any atom is -0.396 e. The molecule has 0 aromatic carbocycles. The Morgan fingerprint density at radius 3 is 2.57 bits per heavy atom. The third kappa shape index (κ3) is 4.04. The molecule has 0 aliphatic carbocycles. The zero-order chi connectivity index (χ0) is 11.2. The first kappa shape index (κ1) is 13.4. The normalized spacial score (nSPS) is 13.8. The van der Waals surface area contributed by atoms with E-state index in [9.17, 15) is 9.90 Å². The Morgan fingerprint density at radius 2 is 2.14 bits per heavy atom. The van der Waals surface area contributed by atoms with E-state index in [4.69, 9.17) is 10.2 Å². The molecule has 14 heavy (non-hydrogen) atoms. The number of rotatable bonds is 6. The van der Waals surface area contributed by atoms with Gasteiger partial charge in [-0.05, 0) is 6.42 Å². The van der Waals surface area contributed by atoms with Crippen molar-refractivity contribution in [3.8, 4) is 0 Å². The predicted octanol–water partition coefficient (Wildman–Crippen LogP) is -1.14. The van der Waals surface area contributed by atoms with Gasteiger partial charge in [0.25, 0.3) is 0 Å². The van der Waals surface area contributed by atoms with Crippen LogP contribution in [0.1, 0.15) is 20.3 Å². The van der Waals surface area contributed by atoms with Gasteiger partial charge in [-0.15, -0.1) is 0 Å². The second-order valence-corrected chi connectivity index (χ2v) is 3.92. The van der Waals surface area contributed by atoms with Gasteiger partial charge in [-0.2, -0.15) is 0 Å². The zero-order valence-corrected chi connectivity index (χ0v) is 8.66. The summed E-state index contributed by atoms with van der Waals surface area (Å²) in [6.45, 7) is 3.27. The first-order chi connectivity index (χ1) is 6.45. The average molecular weight is 207 g/mol. The van der Waals surface area contributed by atoms with Gasteiger partial charge in [0.2, 0.25) is 5.91 Å². The van der Waals surface area contributed by atoms with E-state index in [0.717, 1.165) is 0 Å². The molecule has 0 bridgehead atoms. The summed E-state index contributed by atoms with van der Waals surface area (Å²) in [5, 5.41) is 29.3. The second kappa shape index (κ2) is 5.95. The summed E-state index contributed by atoms with van der Waals surface area (Å²) in [4.78, 5) is 11.3. The molecule has 0 aliphatic heterocycles. The standard InChI is InChI=1S/C9H19NO4/c1-9(2,6-12)7(13)8(14)10-4-3-5-11/h7,11-13H,3-6H2,1-2H3,(H,10,14)/t7-/m0/s1/i5+2. The van der Waals surface area contributed by atoms with Crippen LogP contribution in [0.3, 0.4) is 0 Å². The molecule has 0 radical (unpaired) electrons. The largest absolute Gasteiger partial charge is 0.396 e. The number of carbonyl (C=O) groups excluding carboxylic acids is 1. The summed E-state index contributed by atoms with van der Waals surface area (Å²) in [6, 6.07) is 0. The van der Waals surface area contributed by atoms with Gasteiger partial charge in [0.05, 0.1) is 6.61 Å². The molecule has 0 aromatic heterocycles. The smallest absolute Gasteiger partial charge is 0.249 e. The van der Waals surface area contributed by atoms with Crippen LogP contribution < -0.4 is 5.32 Å². The highest BCUT2D eigenvalue weighted by molar-refractivity contribution is 5.81. The van der Waals surface area contributed by atoms with Crippen LogP contribution in [0.5, 0.6) is 0 Å². The van der Waals surface area contributed by atoms with Crippen LogP contribution in [0.4, 0.5) is 0 Å². The second-order valence-electron chi connectivity index (χ2n) is 3.92. The lowest BCUT2D eigenvalue weighted by Gasteiger charge is -2.27. The van der Waals surface area contributed by atoms with Crippen molar-refractivity contribution in [1.82, 2.24) is 5.32 Å². The molecule has 0 rings (SSSR count). The maximum absolute atomic E-state index is 11.3. The van der Waals surface area contributed by atoms with E-state index in [1.54, 1.807) is 13.8 Å². The number of hydrogen-bond donors (Lipinski definition) is 4. The molecule has 0 fully saturated rings. The molecule has 0 heterocycles. The van der Waals surface area contributed by atoms with Crippen LogP contribution in [-0.4, -0.2) is 47.1 Å². The minimum absolute atomic E-state index is 0.000230. The highest BCUT2D eigenvalue weighted by Crippen LogP contribution is 2.19. The summed E-state index contributed by atoms with van der Waals surface area (Å²) in [5.74, 6) is -0.516. The molecular formula is C9H19NO4. The van der Waals surface area contributed by atoms with Gasteiger partial charge in [-0.25, -0.2) is 0 Å². The zero-order valence-electron chi connectivity index (χ0n) is 8.66. The summed E-state index contributed by atoms with van der Waals surface area (Å²) < 4.78 is 0. The van der Waals surface area contributed by atoms with Crippen LogP contribution >= 0.6 is 0 Å². The van der Waals surface area contributed by atoms with E-state index in [0.29, 0.717) is 13.0 Å². The van der Waals surface area contributed by atoms with Gasteiger partial charge >= 0.3 is 0 Å². The lowest BCUT2D eigenvalue weighted by atomic mass is 9.87. The molecule has 0 aliphatic rings. The van der Waals surface area contributed by atoms with Gasteiger partial charge < -0.3 is 20.6 Å². The Hall–Kier alpha value is -0.650. The van der Waals surface area contributed by atoms with Crippen LogP contribution in [0.25, 0.3) is 0 Å². The van der Waals surface area contributed by atoms with Gasteiger partial charge in [0, 0.05) is 18.6 Å². The molecule has 0 saturated carbocycles. The fraction of sp³-hybridized carbons (Fsp3) is 0.889. The Bertz CT molecular complexity index is 182. The van der Waals surface area contributed by atoms with Crippen molar-refractivity contribution in [1.29, 1.82) is 0 Å². The van der Waals surface area contributed by atoms with Crippen molar-refractivity contribution < 1.29 is 20.1 Å². The Morgan fingerprint density at radius 1 is 1.57 bits per heavy atom. The van der Waals surface area contributed by atoms with Crippen LogP contribution in [-0.2, 0) is 4.79 Å². The number of amides is 1. The maximum Gasteiger partial charge on any atom is 0.249 e. The molecule has 5 heteroatoms. The predicted molar refractivity (Wildman–Crippen MR) is 51.6 cm³/mol. The molecule has 4 N–H and O–H groups in total. The molecule has 5 nitrogen and oxygen atoms in total. The van der Waals surface area contributed by atoms with Crippen molar-refractivity contribution in [2.75, 3.05) is 19.8 Å². The van der Waals surface area contributed by atoms with E-state index in [1.807, 2.05) is 0 Å². The third-order valence-electron chi connectivity index (χ3n) is 2.03. The minimum atomic E-state index is -1.23. The Labute approximate surface area is 83.8 Å². The van der Waals surface area contributed by atoms with Crippen LogP contribution in [0, 0.1) is 5.41 Å².